The normalized spacial score (nSPS) is 21.3. The van der Waals surface area contributed by atoms with Crippen molar-refractivity contribution in [1.82, 2.24) is 0 Å². The molecule has 0 atom stereocenters. The second-order valence-corrected chi connectivity index (χ2v) is 6.61. The fraction of sp³-hybridized carbons (Fsp3) is 0.533. The number of hydrogen-bond acceptors (Lipinski definition) is 1. The summed E-state index contributed by atoms with van der Waals surface area (Å²) in [6.07, 6.45) is 0. The molecule has 0 radical (unpaired) electrons. The van der Waals surface area contributed by atoms with Crippen LogP contribution in [0.4, 0.5) is 0 Å². The number of rotatable bonds is 2. The number of benzene rings is 1. The number of halogens is 1. The minimum atomic E-state index is 0.0848. The summed E-state index contributed by atoms with van der Waals surface area (Å²) in [7, 11) is 0. The Morgan fingerprint density at radius 3 is 2.12 bits per heavy atom. The van der Waals surface area contributed by atoms with Crippen molar-refractivity contribution in [2.45, 2.75) is 34.6 Å². The molecule has 0 aliphatic heterocycles. The predicted molar refractivity (Wildman–Crippen MR) is 71.6 cm³/mol. The fourth-order valence-corrected chi connectivity index (χ4v) is 2.95. The lowest BCUT2D eigenvalue weighted by Crippen LogP contribution is -2.07. The molecule has 92 valence electrons. The average molecular weight is 251 g/mol. The van der Waals surface area contributed by atoms with Crippen LogP contribution >= 0.6 is 11.6 Å². The highest BCUT2D eigenvalue weighted by molar-refractivity contribution is 6.31. The van der Waals surface area contributed by atoms with E-state index in [0.717, 1.165) is 11.1 Å². The first kappa shape index (κ1) is 12.6. The van der Waals surface area contributed by atoms with Gasteiger partial charge in [0.2, 0.25) is 0 Å². The van der Waals surface area contributed by atoms with Gasteiger partial charge in [-0.25, -0.2) is 0 Å². The third-order valence-corrected chi connectivity index (χ3v) is 5.15. The van der Waals surface area contributed by atoms with Gasteiger partial charge in [-0.05, 0) is 29.4 Å². The monoisotopic (exact) mass is 250 g/mol. The number of aryl methyl sites for hydroxylation is 1. The Kier molecular flexibility index (Phi) is 2.66. The predicted octanol–water partition coefficient (Wildman–Crippen LogP) is 4.51. The van der Waals surface area contributed by atoms with E-state index in [0.29, 0.717) is 5.02 Å². The van der Waals surface area contributed by atoms with Crippen LogP contribution in [0.15, 0.2) is 18.2 Å². The zero-order chi connectivity index (χ0) is 13.0. The molecule has 2 heteroatoms. The molecule has 1 aliphatic carbocycles. The van der Waals surface area contributed by atoms with Gasteiger partial charge >= 0.3 is 0 Å². The van der Waals surface area contributed by atoms with Gasteiger partial charge in [-0.3, -0.25) is 4.79 Å². The molecule has 0 N–H and O–H groups in total. The smallest absolute Gasteiger partial charge is 0.167 e. The van der Waals surface area contributed by atoms with E-state index in [1.54, 1.807) is 6.07 Å². The van der Waals surface area contributed by atoms with Gasteiger partial charge in [0.05, 0.1) is 0 Å². The highest BCUT2D eigenvalue weighted by Gasteiger charge is 2.67. The Hall–Kier alpha value is -0.820. The van der Waals surface area contributed by atoms with Crippen LogP contribution in [0.5, 0.6) is 0 Å². The topological polar surface area (TPSA) is 17.1 Å². The van der Waals surface area contributed by atoms with Crippen LogP contribution in [-0.4, -0.2) is 5.78 Å². The summed E-state index contributed by atoms with van der Waals surface area (Å²) in [5.41, 5.74) is 1.92. The number of Topliss-reactive ketones (excluding diaryl/α,β-unsaturated/α-hetero) is 1. The van der Waals surface area contributed by atoms with Crippen LogP contribution in [-0.2, 0) is 0 Å². The molecule has 1 nitrogen and oxygen atoms in total. The molecule has 0 aromatic heterocycles. The first-order valence-electron chi connectivity index (χ1n) is 6.00. The second kappa shape index (κ2) is 3.58. The summed E-state index contributed by atoms with van der Waals surface area (Å²) < 4.78 is 0. The van der Waals surface area contributed by atoms with Gasteiger partial charge in [-0.2, -0.15) is 0 Å². The standard InChI is InChI=1S/C15H19ClO/c1-9-6-7-10(8-11(9)16)12(17)13-14(2,3)15(13,4)5/h6-8,13H,1-5H3. The maximum Gasteiger partial charge on any atom is 0.167 e. The molecule has 0 unspecified atom stereocenters. The molecule has 2 rings (SSSR count). The van der Waals surface area contributed by atoms with Crippen LogP contribution in [0.1, 0.15) is 43.6 Å². The molecule has 0 saturated heterocycles. The summed E-state index contributed by atoms with van der Waals surface area (Å²) in [6.45, 7) is 10.6. The van der Waals surface area contributed by atoms with Crippen LogP contribution in [0.2, 0.25) is 5.02 Å². The minimum Gasteiger partial charge on any atom is -0.294 e. The maximum atomic E-state index is 12.4. The minimum absolute atomic E-state index is 0.0848. The van der Waals surface area contributed by atoms with E-state index in [2.05, 4.69) is 27.7 Å². The van der Waals surface area contributed by atoms with Crippen molar-refractivity contribution in [3.05, 3.63) is 34.3 Å². The van der Waals surface area contributed by atoms with Crippen LogP contribution < -0.4 is 0 Å². The lowest BCUT2D eigenvalue weighted by Gasteiger charge is -2.04. The van der Waals surface area contributed by atoms with Crippen molar-refractivity contribution < 1.29 is 4.79 Å². The van der Waals surface area contributed by atoms with E-state index in [4.69, 9.17) is 11.6 Å². The van der Waals surface area contributed by atoms with Crippen molar-refractivity contribution in [3.8, 4) is 0 Å². The zero-order valence-electron chi connectivity index (χ0n) is 11.1. The number of carbonyl (C=O) groups is 1. The quantitative estimate of drug-likeness (QED) is 0.706. The summed E-state index contributed by atoms with van der Waals surface area (Å²) in [5, 5.41) is 0.673. The van der Waals surface area contributed by atoms with E-state index in [9.17, 15) is 4.79 Å². The molecule has 0 bridgehead atoms. The van der Waals surface area contributed by atoms with Crippen molar-refractivity contribution >= 4 is 17.4 Å². The van der Waals surface area contributed by atoms with Crippen molar-refractivity contribution in [2.75, 3.05) is 0 Å². The van der Waals surface area contributed by atoms with Gasteiger partial charge < -0.3 is 0 Å². The second-order valence-electron chi connectivity index (χ2n) is 6.20. The number of hydrogen-bond donors (Lipinski definition) is 0. The van der Waals surface area contributed by atoms with Gasteiger partial charge in [0.25, 0.3) is 0 Å². The van der Waals surface area contributed by atoms with Crippen LogP contribution in [0.25, 0.3) is 0 Å². The first-order valence-corrected chi connectivity index (χ1v) is 6.38. The molecule has 1 saturated carbocycles. The van der Waals surface area contributed by atoms with E-state index >= 15 is 0 Å². The lowest BCUT2D eigenvalue weighted by atomic mass is 10.0. The Morgan fingerprint density at radius 1 is 1.18 bits per heavy atom. The molecule has 1 aliphatic rings. The van der Waals surface area contributed by atoms with Gasteiger partial charge in [0.1, 0.15) is 0 Å². The Labute approximate surface area is 108 Å². The first-order chi connectivity index (χ1) is 7.69. The van der Waals surface area contributed by atoms with E-state index in [1.807, 2.05) is 19.1 Å². The fourth-order valence-electron chi connectivity index (χ4n) is 2.76. The van der Waals surface area contributed by atoms with Crippen molar-refractivity contribution in [3.63, 3.8) is 0 Å². The van der Waals surface area contributed by atoms with Crippen LogP contribution in [0.3, 0.4) is 0 Å². The molecular weight excluding hydrogens is 232 g/mol. The Bertz CT molecular complexity index is 472. The van der Waals surface area contributed by atoms with E-state index in [1.165, 1.54) is 0 Å². The summed E-state index contributed by atoms with van der Waals surface area (Å²) in [5.74, 6) is 0.329. The van der Waals surface area contributed by atoms with Gasteiger partial charge in [0.15, 0.2) is 5.78 Å². The van der Waals surface area contributed by atoms with Crippen molar-refractivity contribution in [2.24, 2.45) is 16.7 Å². The van der Waals surface area contributed by atoms with Crippen LogP contribution in [0, 0.1) is 23.7 Å². The molecular formula is C15H19ClO. The molecule has 1 aromatic carbocycles. The molecule has 0 heterocycles. The molecule has 0 amide bonds. The third kappa shape index (κ3) is 1.72. The van der Waals surface area contributed by atoms with Gasteiger partial charge in [-0.1, -0.05) is 51.4 Å². The molecule has 0 spiro atoms. The molecule has 1 fully saturated rings. The average Bonchev–Trinajstić information content (AvgIpc) is 2.61. The number of carbonyl (C=O) groups excluding carboxylic acids is 1. The Morgan fingerprint density at radius 2 is 1.71 bits per heavy atom. The molecule has 17 heavy (non-hydrogen) atoms. The third-order valence-electron chi connectivity index (χ3n) is 4.74. The van der Waals surface area contributed by atoms with Gasteiger partial charge in [-0.15, -0.1) is 0 Å². The summed E-state index contributed by atoms with van der Waals surface area (Å²) in [4.78, 5) is 12.4. The summed E-state index contributed by atoms with van der Waals surface area (Å²) in [6, 6.07) is 5.59. The number of ketones is 1. The maximum absolute atomic E-state index is 12.4. The zero-order valence-corrected chi connectivity index (χ0v) is 11.9. The van der Waals surface area contributed by atoms with Gasteiger partial charge in [0, 0.05) is 16.5 Å². The Balaban J connectivity index is 2.31. The largest absolute Gasteiger partial charge is 0.294 e. The molecule has 1 aromatic rings. The summed E-state index contributed by atoms with van der Waals surface area (Å²) >= 11 is 6.07. The highest BCUT2D eigenvalue weighted by atomic mass is 35.5. The van der Waals surface area contributed by atoms with E-state index in [-0.39, 0.29) is 22.5 Å². The van der Waals surface area contributed by atoms with Crippen molar-refractivity contribution in [1.29, 1.82) is 0 Å². The highest BCUT2D eigenvalue weighted by Crippen LogP contribution is 2.69. The lowest BCUT2D eigenvalue weighted by molar-refractivity contribution is 0.0945. The van der Waals surface area contributed by atoms with E-state index < -0.39 is 0 Å². The SMILES string of the molecule is Cc1ccc(C(=O)C2C(C)(C)C2(C)C)cc1Cl.